The van der Waals surface area contributed by atoms with Crippen LogP contribution in [0.25, 0.3) is 0 Å². The van der Waals surface area contributed by atoms with Crippen LogP contribution in [0.15, 0.2) is 35.5 Å². The third-order valence-corrected chi connectivity index (χ3v) is 3.28. The maximum Gasteiger partial charge on any atom is 0.258 e. The number of aromatic amines is 1. The Labute approximate surface area is 103 Å². The van der Waals surface area contributed by atoms with Crippen LogP contribution in [-0.4, -0.2) is 35.8 Å². The summed E-state index contributed by atoms with van der Waals surface area (Å²) >= 11 is 0. The average Bonchev–Trinajstić information content (AvgIpc) is 2.81. The van der Waals surface area contributed by atoms with Crippen LogP contribution in [0, 0.1) is 0 Å². The Bertz CT molecular complexity index is 664. The summed E-state index contributed by atoms with van der Waals surface area (Å²) in [6, 6.07) is 5.76. The van der Waals surface area contributed by atoms with Crippen molar-refractivity contribution in [3.05, 3.63) is 36.2 Å². The lowest BCUT2D eigenvalue weighted by molar-refractivity contribution is 0.102. The number of sulfone groups is 1. The number of carbonyl (C=O) groups excluding carboxylic acids is 1. The number of anilines is 1. The van der Waals surface area contributed by atoms with Crippen LogP contribution >= 0.6 is 0 Å². The molecule has 0 spiro atoms. The number of hydrogen-bond donors (Lipinski definition) is 2. The van der Waals surface area contributed by atoms with E-state index in [9.17, 15) is 13.2 Å². The van der Waals surface area contributed by atoms with Gasteiger partial charge in [0, 0.05) is 11.8 Å². The maximum atomic E-state index is 11.8. The number of hydrogen-bond acceptors (Lipinski definition) is 5. The van der Waals surface area contributed by atoms with Crippen LogP contribution in [0.4, 0.5) is 5.95 Å². The van der Waals surface area contributed by atoms with Crippen molar-refractivity contribution in [1.82, 2.24) is 15.2 Å². The Morgan fingerprint density at radius 2 is 2.17 bits per heavy atom. The van der Waals surface area contributed by atoms with E-state index in [1.54, 1.807) is 0 Å². The van der Waals surface area contributed by atoms with Gasteiger partial charge in [0.25, 0.3) is 5.91 Å². The zero-order valence-electron chi connectivity index (χ0n) is 9.41. The molecule has 0 saturated carbocycles. The van der Waals surface area contributed by atoms with E-state index < -0.39 is 15.7 Å². The highest BCUT2D eigenvalue weighted by Gasteiger charge is 2.12. The molecule has 18 heavy (non-hydrogen) atoms. The summed E-state index contributed by atoms with van der Waals surface area (Å²) in [5.41, 5.74) is 0.231. The number of nitrogens with zero attached hydrogens (tertiary/aromatic N) is 2. The van der Waals surface area contributed by atoms with Crippen LogP contribution < -0.4 is 5.32 Å². The molecule has 0 radical (unpaired) electrons. The third-order valence-electron chi connectivity index (χ3n) is 2.17. The minimum atomic E-state index is -3.34. The third kappa shape index (κ3) is 2.72. The Balaban J connectivity index is 2.26. The second-order valence-corrected chi connectivity index (χ2v) is 5.60. The van der Waals surface area contributed by atoms with Gasteiger partial charge < -0.3 is 0 Å². The van der Waals surface area contributed by atoms with Gasteiger partial charge in [0.2, 0.25) is 5.95 Å². The van der Waals surface area contributed by atoms with Gasteiger partial charge in [-0.2, -0.15) is 10.1 Å². The molecular formula is C10H10N4O3S. The fraction of sp³-hybridized carbons (Fsp3) is 0.100. The quantitative estimate of drug-likeness (QED) is 0.839. The molecule has 1 aromatic carbocycles. The second-order valence-electron chi connectivity index (χ2n) is 3.59. The van der Waals surface area contributed by atoms with Crippen LogP contribution in [0.5, 0.6) is 0 Å². The van der Waals surface area contributed by atoms with E-state index in [0.717, 1.165) is 6.26 Å². The smallest absolute Gasteiger partial charge is 0.258 e. The van der Waals surface area contributed by atoms with E-state index in [4.69, 9.17) is 0 Å². The summed E-state index contributed by atoms with van der Waals surface area (Å²) in [7, 11) is -3.34. The number of nitrogens with one attached hydrogen (secondary N) is 2. The Morgan fingerprint density at radius 1 is 1.39 bits per heavy atom. The van der Waals surface area contributed by atoms with E-state index in [2.05, 4.69) is 20.5 Å². The number of benzene rings is 1. The first kappa shape index (κ1) is 12.2. The zero-order valence-corrected chi connectivity index (χ0v) is 10.2. The summed E-state index contributed by atoms with van der Waals surface area (Å²) in [6.45, 7) is 0. The molecule has 2 rings (SSSR count). The largest absolute Gasteiger partial charge is 0.291 e. The molecule has 2 N–H and O–H groups in total. The fourth-order valence-electron chi connectivity index (χ4n) is 1.31. The summed E-state index contributed by atoms with van der Waals surface area (Å²) in [5, 5.41) is 8.50. The van der Waals surface area contributed by atoms with Crippen LogP contribution in [0.2, 0.25) is 0 Å². The lowest BCUT2D eigenvalue weighted by Crippen LogP contribution is -2.13. The van der Waals surface area contributed by atoms with Crippen molar-refractivity contribution in [3.8, 4) is 0 Å². The minimum Gasteiger partial charge on any atom is -0.291 e. The standard InChI is InChI=1S/C10H10N4O3S/c1-18(16,17)8-4-2-3-7(5-8)9(15)13-10-11-6-12-14-10/h2-6H,1H3,(H2,11,12,13,14,15). The molecule has 2 aromatic rings. The highest BCUT2D eigenvalue weighted by atomic mass is 32.2. The van der Waals surface area contributed by atoms with Gasteiger partial charge in [-0.05, 0) is 18.2 Å². The van der Waals surface area contributed by atoms with E-state index in [1.165, 1.54) is 30.6 Å². The van der Waals surface area contributed by atoms with Crippen molar-refractivity contribution in [2.75, 3.05) is 11.6 Å². The van der Waals surface area contributed by atoms with Crippen LogP contribution in [0.1, 0.15) is 10.4 Å². The topological polar surface area (TPSA) is 105 Å². The van der Waals surface area contributed by atoms with Crippen molar-refractivity contribution < 1.29 is 13.2 Å². The van der Waals surface area contributed by atoms with Crippen molar-refractivity contribution in [2.24, 2.45) is 0 Å². The van der Waals surface area contributed by atoms with Gasteiger partial charge >= 0.3 is 0 Å². The fourth-order valence-corrected chi connectivity index (χ4v) is 1.98. The summed E-state index contributed by atoms with van der Waals surface area (Å²) in [6.07, 6.45) is 2.34. The lowest BCUT2D eigenvalue weighted by Gasteiger charge is -2.03. The normalized spacial score (nSPS) is 11.2. The van der Waals surface area contributed by atoms with Crippen LogP contribution in [-0.2, 0) is 9.84 Å². The van der Waals surface area contributed by atoms with Gasteiger partial charge in [-0.3, -0.25) is 10.1 Å². The number of amides is 1. The van der Waals surface area contributed by atoms with Gasteiger partial charge in [-0.1, -0.05) is 6.07 Å². The van der Waals surface area contributed by atoms with E-state index in [0.29, 0.717) is 0 Å². The molecule has 1 heterocycles. The number of H-pyrrole nitrogens is 1. The Hall–Kier alpha value is -2.22. The van der Waals surface area contributed by atoms with E-state index >= 15 is 0 Å². The average molecular weight is 266 g/mol. The molecule has 1 aromatic heterocycles. The van der Waals surface area contributed by atoms with Gasteiger partial charge in [0.15, 0.2) is 9.84 Å². The zero-order chi connectivity index (χ0) is 13.2. The molecule has 0 fully saturated rings. The SMILES string of the molecule is CS(=O)(=O)c1cccc(C(=O)Nc2ncn[nH]2)c1. The second kappa shape index (κ2) is 4.57. The molecule has 0 aliphatic rings. The molecule has 94 valence electrons. The van der Waals surface area contributed by atoms with Crippen molar-refractivity contribution in [1.29, 1.82) is 0 Å². The molecule has 0 saturated heterocycles. The number of rotatable bonds is 3. The molecule has 1 amide bonds. The molecule has 0 unspecified atom stereocenters. The molecule has 0 bridgehead atoms. The molecular weight excluding hydrogens is 256 g/mol. The predicted molar refractivity (Wildman–Crippen MR) is 63.9 cm³/mol. The first-order valence-corrected chi connectivity index (χ1v) is 6.83. The lowest BCUT2D eigenvalue weighted by atomic mass is 10.2. The molecule has 8 heteroatoms. The Kier molecular flexibility index (Phi) is 3.11. The molecule has 0 atom stereocenters. The molecule has 0 aliphatic heterocycles. The number of carbonyl (C=O) groups is 1. The van der Waals surface area contributed by atoms with Crippen molar-refractivity contribution in [2.45, 2.75) is 4.90 Å². The maximum absolute atomic E-state index is 11.8. The first-order chi connectivity index (χ1) is 8.47. The number of aromatic nitrogens is 3. The highest BCUT2D eigenvalue weighted by Crippen LogP contribution is 2.12. The minimum absolute atomic E-state index is 0.0905. The van der Waals surface area contributed by atoms with Gasteiger partial charge in [-0.25, -0.2) is 13.5 Å². The highest BCUT2D eigenvalue weighted by molar-refractivity contribution is 7.90. The van der Waals surface area contributed by atoms with Gasteiger partial charge in [0.1, 0.15) is 6.33 Å². The summed E-state index contributed by atoms with van der Waals surface area (Å²) in [4.78, 5) is 15.6. The van der Waals surface area contributed by atoms with Gasteiger partial charge in [0.05, 0.1) is 4.90 Å². The van der Waals surface area contributed by atoms with Crippen LogP contribution in [0.3, 0.4) is 0 Å². The monoisotopic (exact) mass is 266 g/mol. The molecule has 0 aliphatic carbocycles. The van der Waals surface area contributed by atoms with E-state index in [1.807, 2.05) is 0 Å². The first-order valence-electron chi connectivity index (χ1n) is 4.93. The van der Waals surface area contributed by atoms with Crippen molar-refractivity contribution in [3.63, 3.8) is 0 Å². The summed E-state index contributed by atoms with van der Waals surface area (Å²) < 4.78 is 22.7. The van der Waals surface area contributed by atoms with E-state index in [-0.39, 0.29) is 16.4 Å². The van der Waals surface area contributed by atoms with Crippen molar-refractivity contribution >= 4 is 21.7 Å². The Morgan fingerprint density at radius 3 is 2.78 bits per heavy atom. The predicted octanol–water partition coefficient (Wildman–Crippen LogP) is 0.461. The molecule has 7 nitrogen and oxygen atoms in total. The van der Waals surface area contributed by atoms with Gasteiger partial charge in [-0.15, -0.1) is 0 Å². The summed E-state index contributed by atoms with van der Waals surface area (Å²) in [5.74, 6) is -0.262.